The molecule has 1 aromatic heterocycles. The molecule has 1 saturated heterocycles. The van der Waals surface area contributed by atoms with E-state index < -0.39 is 5.54 Å². The quantitative estimate of drug-likeness (QED) is 0.729. The average Bonchev–Trinajstić information content (AvgIpc) is 2.94. The van der Waals surface area contributed by atoms with Crippen molar-refractivity contribution in [2.45, 2.75) is 25.8 Å². The van der Waals surface area contributed by atoms with Crippen LogP contribution in [0.2, 0.25) is 0 Å². The molecule has 120 valence electrons. The summed E-state index contributed by atoms with van der Waals surface area (Å²) >= 11 is 2.29. The molecule has 2 aromatic rings. The highest BCUT2D eigenvalue weighted by Gasteiger charge is 2.38. The third-order valence-corrected chi connectivity index (χ3v) is 4.74. The van der Waals surface area contributed by atoms with Crippen molar-refractivity contribution < 1.29 is 4.79 Å². The van der Waals surface area contributed by atoms with E-state index in [1.165, 1.54) is 10.5 Å². The zero-order valence-electron chi connectivity index (χ0n) is 13.2. The highest BCUT2D eigenvalue weighted by atomic mass is 127. The molecular formula is C16H18IN5O. The number of carbonyl (C=O) groups excluding carboxylic acids is 1. The predicted molar refractivity (Wildman–Crippen MR) is 96.6 cm³/mol. The Bertz CT molecular complexity index is 759. The summed E-state index contributed by atoms with van der Waals surface area (Å²) in [6.07, 6.45) is 3.97. The molecule has 1 atom stereocenters. The van der Waals surface area contributed by atoms with Crippen LogP contribution in [-0.4, -0.2) is 33.6 Å². The van der Waals surface area contributed by atoms with Crippen molar-refractivity contribution in [1.82, 2.24) is 20.0 Å². The van der Waals surface area contributed by atoms with Crippen molar-refractivity contribution in [1.29, 1.82) is 5.41 Å². The van der Waals surface area contributed by atoms with Crippen molar-refractivity contribution >= 4 is 34.5 Å². The van der Waals surface area contributed by atoms with Gasteiger partial charge in [-0.3, -0.25) is 15.1 Å². The molecule has 0 aliphatic carbocycles. The van der Waals surface area contributed by atoms with Gasteiger partial charge in [-0.25, -0.2) is 4.68 Å². The van der Waals surface area contributed by atoms with Crippen LogP contribution in [0.25, 0.3) is 5.69 Å². The fraction of sp³-hybridized carbons (Fsp3) is 0.312. The Kier molecular flexibility index (Phi) is 3.91. The van der Waals surface area contributed by atoms with Gasteiger partial charge in [0.05, 0.1) is 23.8 Å². The van der Waals surface area contributed by atoms with Crippen LogP contribution in [0.4, 0.5) is 0 Å². The number of aryl methyl sites for hydroxylation is 1. The first-order valence-electron chi connectivity index (χ1n) is 7.24. The van der Waals surface area contributed by atoms with Crippen molar-refractivity contribution in [2.75, 3.05) is 7.05 Å². The molecule has 0 radical (unpaired) electrons. The van der Waals surface area contributed by atoms with Crippen molar-refractivity contribution in [2.24, 2.45) is 0 Å². The maximum atomic E-state index is 12.1. The van der Waals surface area contributed by atoms with Gasteiger partial charge in [-0.05, 0) is 60.2 Å². The van der Waals surface area contributed by atoms with Crippen LogP contribution in [0.5, 0.6) is 0 Å². The molecule has 1 aliphatic heterocycles. The minimum Gasteiger partial charge on any atom is -0.346 e. The summed E-state index contributed by atoms with van der Waals surface area (Å²) < 4.78 is 2.96. The molecule has 1 amide bonds. The van der Waals surface area contributed by atoms with Gasteiger partial charge in [0.1, 0.15) is 0 Å². The van der Waals surface area contributed by atoms with Crippen molar-refractivity contribution in [3.05, 3.63) is 45.3 Å². The Labute approximate surface area is 148 Å². The average molecular weight is 423 g/mol. The molecule has 0 bridgehead atoms. The minimum absolute atomic E-state index is 0.0749. The SMILES string of the molecule is Cc1cc(I)cc(-n2cc([C@]3(C)CC(=O)N(C)C(=N)N3)cn2)c1. The van der Waals surface area contributed by atoms with E-state index in [2.05, 4.69) is 58.1 Å². The van der Waals surface area contributed by atoms with Gasteiger partial charge in [0.25, 0.3) is 0 Å². The van der Waals surface area contributed by atoms with E-state index >= 15 is 0 Å². The maximum Gasteiger partial charge on any atom is 0.231 e. The summed E-state index contributed by atoms with van der Waals surface area (Å²) in [4.78, 5) is 13.4. The first kappa shape index (κ1) is 16.0. The van der Waals surface area contributed by atoms with E-state index in [-0.39, 0.29) is 11.9 Å². The summed E-state index contributed by atoms with van der Waals surface area (Å²) in [5.41, 5.74) is 2.43. The van der Waals surface area contributed by atoms with Crippen molar-refractivity contribution in [3.8, 4) is 5.69 Å². The molecule has 1 fully saturated rings. The number of nitrogens with zero attached hydrogens (tertiary/aromatic N) is 3. The van der Waals surface area contributed by atoms with E-state index in [1.54, 1.807) is 13.2 Å². The lowest BCUT2D eigenvalue weighted by Crippen LogP contribution is -2.58. The minimum atomic E-state index is -0.615. The molecule has 1 aromatic carbocycles. The Morgan fingerprint density at radius 1 is 1.39 bits per heavy atom. The largest absolute Gasteiger partial charge is 0.346 e. The lowest BCUT2D eigenvalue weighted by atomic mass is 9.89. The van der Waals surface area contributed by atoms with Crippen molar-refractivity contribution in [3.63, 3.8) is 0 Å². The van der Waals surface area contributed by atoms with Crippen LogP contribution in [0.1, 0.15) is 24.5 Å². The van der Waals surface area contributed by atoms with Crippen LogP contribution in [-0.2, 0) is 10.3 Å². The van der Waals surface area contributed by atoms with Gasteiger partial charge in [0.15, 0.2) is 5.96 Å². The molecule has 1 aliphatic rings. The summed E-state index contributed by atoms with van der Waals surface area (Å²) in [6.45, 7) is 3.98. The van der Waals surface area contributed by atoms with E-state index in [4.69, 9.17) is 5.41 Å². The Morgan fingerprint density at radius 2 is 2.13 bits per heavy atom. The number of halogens is 1. The molecule has 2 N–H and O–H groups in total. The molecule has 2 heterocycles. The smallest absolute Gasteiger partial charge is 0.231 e. The number of hydrogen-bond acceptors (Lipinski definition) is 3. The molecule has 3 rings (SSSR count). The second-order valence-electron chi connectivity index (χ2n) is 6.10. The Balaban J connectivity index is 1.95. The standard InChI is InChI=1S/C16H18IN5O/c1-10-4-12(17)6-13(5-10)22-9-11(8-19-22)16(2)7-14(23)21(3)15(18)20-16/h4-6,8-9H,7H2,1-3H3,(H2,18,20)/t16-/m0/s1. The topological polar surface area (TPSA) is 74.0 Å². The molecule has 0 saturated carbocycles. The second-order valence-corrected chi connectivity index (χ2v) is 7.34. The lowest BCUT2D eigenvalue weighted by molar-refractivity contribution is -0.129. The third kappa shape index (κ3) is 2.97. The van der Waals surface area contributed by atoms with Gasteiger partial charge < -0.3 is 5.32 Å². The first-order valence-corrected chi connectivity index (χ1v) is 8.32. The number of hydrogen-bond donors (Lipinski definition) is 2. The second kappa shape index (κ2) is 5.63. The van der Waals surface area contributed by atoms with Gasteiger partial charge in [-0.15, -0.1) is 0 Å². The molecule has 7 heteroatoms. The number of guanidine groups is 1. The van der Waals surface area contributed by atoms with Crippen LogP contribution in [0, 0.1) is 15.9 Å². The van der Waals surface area contributed by atoms with Gasteiger partial charge in [-0.2, -0.15) is 5.10 Å². The number of nitrogens with one attached hydrogen (secondary N) is 2. The molecule has 23 heavy (non-hydrogen) atoms. The highest BCUT2D eigenvalue weighted by Crippen LogP contribution is 2.29. The monoisotopic (exact) mass is 423 g/mol. The molecule has 0 unspecified atom stereocenters. The fourth-order valence-corrected chi connectivity index (χ4v) is 3.52. The number of amides is 1. The summed E-state index contributed by atoms with van der Waals surface area (Å²) in [6, 6.07) is 6.23. The zero-order chi connectivity index (χ0) is 16.8. The van der Waals surface area contributed by atoms with E-state index in [1.807, 2.05) is 17.8 Å². The van der Waals surface area contributed by atoms with Gasteiger partial charge >= 0.3 is 0 Å². The number of aromatic nitrogens is 2. The predicted octanol–water partition coefficient (Wildman–Crippen LogP) is 2.39. The molecule has 0 spiro atoms. The molecule has 6 nitrogen and oxygen atoms in total. The first-order chi connectivity index (χ1) is 10.8. The zero-order valence-corrected chi connectivity index (χ0v) is 15.4. The Hall–Kier alpha value is -1.90. The normalized spacial score (nSPS) is 21.5. The van der Waals surface area contributed by atoms with Crippen LogP contribution in [0.3, 0.4) is 0 Å². The summed E-state index contributed by atoms with van der Waals surface area (Å²) in [5, 5.41) is 15.5. The van der Waals surface area contributed by atoms with Gasteiger partial charge in [0, 0.05) is 22.4 Å². The van der Waals surface area contributed by atoms with E-state index in [0.717, 1.165) is 14.8 Å². The van der Waals surface area contributed by atoms with Crippen LogP contribution >= 0.6 is 22.6 Å². The number of carbonyl (C=O) groups is 1. The van der Waals surface area contributed by atoms with Crippen LogP contribution < -0.4 is 5.32 Å². The van der Waals surface area contributed by atoms with E-state index in [9.17, 15) is 4.79 Å². The van der Waals surface area contributed by atoms with Crippen LogP contribution in [0.15, 0.2) is 30.6 Å². The fourth-order valence-electron chi connectivity index (χ4n) is 2.71. The summed E-state index contributed by atoms with van der Waals surface area (Å²) in [7, 11) is 1.61. The number of benzene rings is 1. The van der Waals surface area contributed by atoms with Gasteiger partial charge in [-0.1, -0.05) is 0 Å². The van der Waals surface area contributed by atoms with E-state index in [0.29, 0.717) is 6.42 Å². The number of rotatable bonds is 2. The lowest BCUT2D eigenvalue weighted by Gasteiger charge is -2.38. The Morgan fingerprint density at radius 3 is 2.78 bits per heavy atom. The highest BCUT2D eigenvalue weighted by molar-refractivity contribution is 14.1. The summed E-state index contributed by atoms with van der Waals surface area (Å²) in [5.74, 6) is 0.0377. The third-order valence-electron chi connectivity index (χ3n) is 4.12. The molecular weight excluding hydrogens is 405 g/mol. The van der Waals surface area contributed by atoms with Gasteiger partial charge in [0.2, 0.25) is 5.91 Å². The maximum absolute atomic E-state index is 12.1.